The number of pyridine rings is 1. The molecule has 1 amide bonds. The van der Waals surface area contributed by atoms with E-state index in [1.54, 1.807) is 26.4 Å². The molecular formula is C18H31N3O4. The second-order valence-corrected chi connectivity index (χ2v) is 5.28. The van der Waals surface area contributed by atoms with Crippen LogP contribution in [0.1, 0.15) is 62.0 Å². The molecule has 0 unspecified atom stereocenters. The lowest BCUT2D eigenvalue weighted by atomic mass is 9.95. The molecule has 1 aromatic heterocycles. The maximum absolute atomic E-state index is 11.6. The van der Waals surface area contributed by atoms with E-state index in [1.165, 1.54) is 32.1 Å². The Morgan fingerprint density at radius 1 is 1.36 bits per heavy atom. The van der Waals surface area contributed by atoms with Crippen LogP contribution in [0.25, 0.3) is 0 Å². The van der Waals surface area contributed by atoms with E-state index in [9.17, 15) is 4.79 Å². The highest BCUT2D eigenvalue weighted by Crippen LogP contribution is 2.21. The molecule has 0 aliphatic heterocycles. The Hall–Kier alpha value is -2.15. The highest BCUT2D eigenvalue weighted by atomic mass is 16.5. The molecule has 7 heteroatoms. The van der Waals surface area contributed by atoms with Gasteiger partial charge in [-0.2, -0.15) is 0 Å². The highest BCUT2D eigenvalue weighted by Gasteiger charge is 2.15. The molecule has 3 N–H and O–H groups in total. The number of rotatable bonds is 5. The Balaban J connectivity index is 0.00000104. The van der Waals surface area contributed by atoms with Gasteiger partial charge in [-0.05, 0) is 12.8 Å². The van der Waals surface area contributed by atoms with Crippen molar-refractivity contribution in [2.75, 3.05) is 14.2 Å². The molecule has 0 bridgehead atoms. The zero-order valence-electron chi connectivity index (χ0n) is 15.7. The van der Waals surface area contributed by atoms with E-state index in [4.69, 9.17) is 14.6 Å². The molecule has 142 valence electrons. The molecular weight excluding hydrogens is 322 g/mol. The number of carboxylic acid groups (broad SMARTS) is 1. The first-order chi connectivity index (χ1) is 12.2. The van der Waals surface area contributed by atoms with Crippen molar-refractivity contribution in [2.45, 2.75) is 58.5 Å². The van der Waals surface area contributed by atoms with Crippen molar-refractivity contribution >= 4 is 12.4 Å². The summed E-state index contributed by atoms with van der Waals surface area (Å²) in [5.74, 6) is 0.511. The number of methoxy groups -OCH3 is 1. The lowest BCUT2D eigenvalue weighted by Gasteiger charge is -2.23. The first-order valence-electron chi connectivity index (χ1n) is 8.72. The van der Waals surface area contributed by atoms with Gasteiger partial charge in [-0.15, -0.1) is 0 Å². The molecule has 0 atom stereocenters. The van der Waals surface area contributed by atoms with Crippen LogP contribution in [0.15, 0.2) is 12.3 Å². The van der Waals surface area contributed by atoms with Crippen molar-refractivity contribution in [3.8, 4) is 5.75 Å². The van der Waals surface area contributed by atoms with Gasteiger partial charge < -0.3 is 20.5 Å². The van der Waals surface area contributed by atoms with Crippen molar-refractivity contribution in [3.63, 3.8) is 0 Å². The van der Waals surface area contributed by atoms with Crippen LogP contribution in [0.4, 0.5) is 0 Å². The van der Waals surface area contributed by atoms with E-state index < -0.39 is 0 Å². The van der Waals surface area contributed by atoms with E-state index in [2.05, 4.69) is 15.6 Å². The van der Waals surface area contributed by atoms with Crippen LogP contribution in [0.3, 0.4) is 0 Å². The molecule has 1 aliphatic rings. The molecule has 0 saturated heterocycles. The van der Waals surface area contributed by atoms with Gasteiger partial charge in [-0.3, -0.25) is 14.6 Å². The third kappa shape index (κ3) is 8.49. The molecule has 1 aromatic rings. The Morgan fingerprint density at radius 2 is 1.96 bits per heavy atom. The molecule has 2 rings (SSSR count). The average molecular weight is 353 g/mol. The summed E-state index contributed by atoms with van der Waals surface area (Å²) in [6, 6.07) is 2.28. The SMILES string of the molecule is CC.CNC(=O)c1cc(OC)c(CNC2CCCCC2)cn1.O=CO. The Morgan fingerprint density at radius 3 is 2.48 bits per heavy atom. The second-order valence-electron chi connectivity index (χ2n) is 5.28. The fraction of sp³-hybridized carbons (Fsp3) is 0.611. The minimum absolute atomic E-state index is 0.199. The molecule has 1 fully saturated rings. The minimum atomic E-state index is -0.250. The molecule has 1 heterocycles. The van der Waals surface area contributed by atoms with Gasteiger partial charge in [0.05, 0.1) is 7.11 Å². The molecule has 7 nitrogen and oxygen atoms in total. The van der Waals surface area contributed by atoms with E-state index in [1.807, 2.05) is 13.8 Å². The number of carbonyl (C=O) groups is 2. The summed E-state index contributed by atoms with van der Waals surface area (Å²) >= 11 is 0. The Bertz CT molecular complexity index is 503. The lowest BCUT2D eigenvalue weighted by molar-refractivity contribution is -0.122. The van der Waals surface area contributed by atoms with Crippen LogP contribution < -0.4 is 15.4 Å². The van der Waals surface area contributed by atoms with Crippen LogP contribution in [0, 0.1) is 0 Å². The summed E-state index contributed by atoms with van der Waals surface area (Å²) in [6.07, 6.45) is 8.17. The predicted octanol–water partition coefficient (Wildman–Crippen LogP) is 2.60. The maximum atomic E-state index is 11.6. The number of hydrogen-bond donors (Lipinski definition) is 3. The van der Waals surface area contributed by atoms with Crippen LogP contribution in [0.5, 0.6) is 5.75 Å². The topological polar surface area (TPSA) is 101 Å². The third-order valence-electron chi connectivity index (χ3n) is 3.81. The van der Waals surface area contributed by atoms with Crippen LogP contribution >= 0.6 is 0 Å². The standard InChI is InChI=1S/C15H23N3O2.C2H6.CH2O2/c1-16-15(19)13-8-14(20-2)11(10-18-13)9-17-12-6-4-3-5-7-12;1-2;2-1-3/h8,10,12,17H,3-7,9H2,1-2H3,(H,16,19);1-2H3;1H,(H,2,3). The number of aromatic nitrogens is 1. The summed E-state index contributed by atoms with van der Waals surface area (Å²) in [7, 11) is 3.21. The first-order valence-corrected chi connectivity index (χ1v) is 8.72. The molecule has 0 aromatic carbocycles. The van der Waals surface area contributed by atoms with Crippen LogP contribution in [0.2, 0.25) is 0 Å². The quantitative estimate of drug-likeness (QED) is 0.704. The summed E-state index contributed by atoms with van der Waals surface area (Å²) < 4.78 is 5.36. The number of hydrogen-bond acceptors (Lipinski definition) is 5. The predicted molar refractivity (Wildman–Crippen MR) is 97.9 cm³/mol. The Kier molecular flexibility index (Phi) is 13.0. The van der Waals surface area contributed by atoms with Gasteiger partial charge in [0, 0.05) is 37.5 Å². The first kappa shape index (κ1) is 22.9. The van der Waals surface area contributed by atoms with Gasteiger partial charge in [0.25, 0.3) is 12.4 Å². The monoisotopic (exact) mass is 353 g/mol. The molecule has 1 aliphatic carbocycles. The van der Waals surface area contributed by atoms with Crippen molar-refractivity contribution in [1.82, 2.24) is 15.6 Å². The highest BCUT2D eigenvalue weighted by molar-refractivity contribution is 5.92. The van der Waals surface area contributed by atoms with Crippen molar-refractivity contribution < 1.29 is 19.4 Å². The van der Waals surface area contributed by atoms with E-state index in [0.29, 0.717) is 17.5 Å². The van der Waals surface area contributed by atoms with Crippen LogP contribution in [-0.2, 0) is 11.3 Å². The fourth-order valence-corrected chi connectivity index (χ4v) is 2.60. The van der Waals surface area contributed by atoms with E-state index in [0.717, 1.165) is 12.1 Å². The fourth-order valence-electron chi connectivity index (χ4n) is 2.60. The smallest absolute Gasteiger partial charge is 0.290 e. The largest absolute Gasteiger partial charge is 0.496 e. The third-order valence-corrected chi connectivity index (χ3v) is 3.81. The number of nitrogens with one attached hydrogen (secondary N) is 2. The number of carbonyl (C=O) groups excluding carboxylic acids is 1. The zero-order valence-corrected chi connectivity index (χ0v) is 15.7. The van der Waals surface area contributed by atoms with Gasteiger partial charge in [0.15, 0.2) is 0 Å². The van der Waals surface area contributed by atoms with E-state index >= 15 is 0 Å². The molecule has 0 radical (unpaired) electrons. The van der Waals surface area contributed by atoms with Gasteiger partial charge in [0.2, 0.25) is 0 Å². The average Bonchev–Trinajstić information content (AvgIpc) is 2.68. The number of ether oxygens (including phenoxy) is 1. The minimum Gasteiger partial charge on any atom is -0.496 e. The second kappa shape index (κ2) is 14.2. The van der Waals surface area contributed by atoms with Gasteiger partial charge in [0.1, 0.15) is 11.4 Å². The van der Waals surface area contributed by atoms with Crippen molar-refractivity contribution in [1.29, 1.82) is 0 Å². The van der Waals surface area contributed by atoms with Gasteiger partial charge in [-0.25, -0.2) is 0 Å². The summed E-state index contributed by atoms with van der Waals surface area (Å²) in [5, 5.41) is 13.0. The van der Waals surface area contributed by atoms with E-state index in [-0.39, 0.29) is 12.4 Å². The van der Waals surface area contributed by atoms with Gasteiger partial charge in [-0.1, -0.05) is 33.1 Å². The van der Waals surface area contributed by atoms with Crippen molar-refractivity contribution in [3.05, 3.63) is 23.5 Å². The van der Waals surface area contributed by atoms with Gasteiger partial charge >= 0.3 is 0 Å². The zero-order chi connectivity index (χ0) is 19.1. The normalized spacial score (nSPS) is 13.4. The summed E-state index contributed by atoms with van der Waals surface area (Å²) in [4.78, 5) is 24.1. The maximum Gasteiger partial charge on any atom is 0.290 e. The molecule has 0 spiro atoms. The van der Waals surface area contributed by atoms with Crippen molar-refractivity contribution in [2.24, 2.45) is 0 Å². The summed E-state index contributed by atoms with van der Waals surface area (Å²) in [5.41, 5.74) is 1.37. The molecule has 25 heavy (non-hydrogen) atoms. The number of amides is 1. The summed E-state index contributed by atoms with van der Waals surface area (Å²) in [6.45, 7) is 4.48. The number of nitrogens with zero attached hydrogens (tertiary/aromatic N) is 1. The Labute approximate surface area is 150 Å². The molecule has 1 saturated carbocycles. The van der Waals surface area contributed by atoms with Crippen LogP contribution in [-0.4, -0.2) is 42.7 Å². The lowest BCUT2D eigenvalue weighted by Crippen LogP contribution is -2.30.